The molecule has 0 saturated carbocycles. The van der Waals surface area contributed by atoms with Crippen LogP contribution in [0, 0.1) is 6.92 Å². The maximum absolute atomic E-state index is 12.1. The molecule has 0 aromatic heterocycles. The summed E-state index contributed by atoms with van der Waals surface area (Å²) in [5.41, 5.74) is 2.86. The number of Topliss-reactive ketones (excluding diaryl/α,β-unsaturated/α-hetero) is 1. The predicted molar refractivity (Wildman–Crippen MR) is 90.3 cm³/mol. The molecule has 0 N–H and O–H groups in total. The van der Waals surface area contributed by atoms with Crippen LogP contribution >= 0.6 is 0 Å². The van der Waals surface area contributed by atoms with E-state index in [1.165, 1.54) is 4.90 Å². The monoisotopic (exact) mass is 311 g/mol. The third kappa shape index (κ3) is 5.34. The fourth-order valence-corrected chi connectivity index (χ4v) is 2.18. The molecule has 4 heteroatoms. The molecule has 0 atom stereocenters. The molecule has 0 saturated heterocycles. The van der Waals surface area contributed by atoms with E-state index in [0.29, 0.717) is 6.61 Å². The lowest BCUT2D eigenvalue weighted by Gasteiger charge is -2.17. The topological polar surface area (TPSA) is 46.6 Å². The molecule has 0 spiro atoms. The fraction of sp³-hybridized carbons (Fsp3) is 0.263. The minimum Gasteiger partial charge on any atom is -0.369 e. The first kappa shape index (κ1) is 16.9. The van der Waals surface area contributed by atoms with Crippen molar-refractivity contribution in [1.29, 1.82) is 0 Å². The van der Waals surface area contributed by atoms with Crippen LogP contribution in [-0.2, 0) is 20.9 Å². The van der Waals surface area contributed by atoms with Crippen LogP contribution in [0.5, 0.6) is 0 Å². The van der Waals surface area contributed by atoms with Crippen molar-refractivity contribution >= 4 is 17.4 Å². The van der Waals surface area contributed by atoms with Gasteiger partial charge in [0.15, 0.2) is 5.78 Å². The third-order valence-electron chi connectivity index (χ3n) is 3.49. The zero-order valence-corrected chi connectivity index (χ0v) is 13.5. The number of ketones is 1. The van der Waals surface area contributed by atoms with Crippen molar-refractivity contribution in [3.8, 4) is 0 Å². The standard InChI is InChI=1S/C19H21NO3/c1-15-7-6-10-17(11-15)20(2)19(22)12-18(21)14-23-13-16-8-4-3-5-9-16/h3-11H,12-14H2,1-2H3. The molecule has 2 rings (SSSR count). The Morgan fingerprint density at radius 1 is 1.04 bits per heavy atom. The van der Waals surface area contributed by atoms with Gasteiger partial charge in [0.05, 0.1) is 13.0 Å². The van der Waals surface area contributed by atoms with Crippen LogP contribution in [-0.4, -0.2) is 25.3 Å². The van der Waals surface area contributed by atoms with Gasteiger partial charge >= 0.3 is 0 Å². The Kier molecular flexibility index (Phi) is 6.06. The van der Waals surface area contributed by atoms with Gasteiger partial charge in [-0.25, -0.2) is 0 Å². The molecule has 0 heterocycles. The summed E-state index contributed by atoms with van der Waals surface area (Å²) in [5.74, 6) is -0.450. The van der Waals surface area contributed by atoms with Gasteiger partial charge in [-0.05, 0) is 30.2 Å². The molecule has 0 aliphatic rings. The molecule has 0 radical (unpaired) electrons. The Balaban J connectivity index is 1.79. The second-order valence-electron chi connectivity index (χ2n) is 5.49. The molecule has 23 heavy (non-hydrogen) atoms. The number of carbonyl (C=O) groups is 2. The van der Waals surface area contributed by atoms with Crippen LogP contribution in [0.15, 0.2) is 54.6 Å². The molecule has 0 aliphatic heterocycles. The number of amides is 1. The highest BCUT2D eigenvalue weighted by Crippen LogP contribution is 2.15. The van der Waals surface area contributed by atoms with Gasteiger partial charge in [-0.3, -0.25) is 9.59 Å². The van der Waals surface area contributed by atoms with E-state index in [2.05, 4.69) is 0 Å². The van der Waals surface area contributed by atoms with Gasteiger partial charge in [0.1, 0.15) is 6.61 Å². The van der Waals surface area contributed by atoms with E-state index >= 15 is 0 Å². The Hall–Kier alpha value is -2.46. The fourth-order valence-electron chi connectivity index (χ4n) is 2.18. The summed E-state index contributed by atoms with van der Waals surface area (Å²) in [6.45, 7) is 2.28. The maximum Gasteiger partial charge on any atom is 0.234 e. The van der Waals surface area contributed by atoms with Crippen molar-refractivity contribution in [2.45, 2.75) is 20.0 Å². The van der Waals surface area contributed by atoms with E-state index in [1.807, 2.05) is 61.5 Å². The predicted octanol–water partition coefficient (Wildman–Crippen LogP) is 3.13. The van der Waals surface area contributed by atoms with E-state index in [-0.39, 0.29) is 24.7 Å². The highest BCUT2D eigenvalue weighted by molar-refractivity contribution is 6.05. The van der Waals surface area contributed by atoms with Gasteiger partial charge in [-0.15, -0.1) is 0 Å². The van der Waals surface area contributed by atoms with Crippen molar-refractivity contribution in [3.05, 3.63) is 65.7 Å². The van der Waals surface area contributed by atoms with Crippen molar-refractivity contribution in [2.24, 2.45) is 0 Å². The molecule has 0 fully saturated rings. The Bertz CT molecular complexity index is 667. The highest BCUT2D eigenvalue weighted by Gasteiger charge is 2.15. The quantitative estimate of drug-likeness (QED) is 0.738. The van der Waals surface area contributed by atoms with E-state index in [0.717, 1.165) is 16.8 Å². The molecule has 0 unspecified atom stereocenters. The lowest BCUT2D eigenvalue weighted by molar-refractivity contribution is -0.129. The van der Waals surface area contributed by atoms with Crippen molar-refractivity contribution < 1.29 is 14.3 Å². The van der Waals surface area contributed by atoms with Gasteiger partial charge in [0, 0.05) is 12.7 Å². The number of nitrogens with zero attached hydrogens (tertiary/aromatic N) is 1. The molecule has 0 bridgehead atoms. The van der Waals surface area contributed by atoms with Gasteiger partial charge < -0.3 is 9.64 Å². The summed E-state index contributed by atoms with van der Waals surface area (Å²) in [4.78, 5) is 25.5. The summed E-state index contributed by atoms with van der Waals surface area (Å²) in [6, 6.07) is 17.2. The summed E-state index contributed by atoms with van der Waals surface area (Å²) < 4.78 is 5.37. The van der Waals surface area contributed by atoms with Crippen molar-refractivity contribution in [2.75, 3.05) is 18.6 Å². The second kappa shape index (κ2) is 8.25. The van der Waals surface area contributed by atoms with E-state index in [1.54, 1.807) is 7.05 Å². The SMILES string of the molecule is Cc1cccc(N(C)C(=O)CC(=O)COCc2ccccc2)c1. The van der Waals surface area contributed by atoms with E-state index < -0.39 is 0 Å². The normalized spacial score (nSPS) is 10.3. The van der Waals surface area contributed by atoms with E-state index in [9.17, 15) is 9.59 Å². The van der Waals surface area contributed by atoms with Crippen molar-refractivity contribution in [1.82, 2.24) is 0 Å². The minimum atomic E-state index is -0.232. The van der Waals surface area contributed by atoms with Crippen LogP contribution in [0.25, 0.3) is 0 Å². The number of benzene rings is 2. The molecule has 2 aromatic carbocycles. The number of hydrogen-bond acceptors (Lipinski definition) is 3. The number of aryl methyl sites for hydroxylation is 1. The number of carbonyl (C=O) groups excluding carboxylic acids is 2. The second-order valence-corrected chi connectivity index (χ2v) is 5.49. The largest absolute Gasteiger partial charge is 0.369 e. The van der Waals surface area contributed by atoms with E-state index in [4.69, 9.17) is 4.74 Å². The zero-order valence-electron chi connectivity index (χ0n) is 13.5. The van der Waals surface area contributed by atoms with Crippen LogP contribution in [0.2, 0.25) is 0 Å². The molecule has 0 aliphatic carbocycles. The number of anilines is 1. The summed E-state index contributed by atoms with van der Waals surface area (Å²) in [6.07, 6.45) is -0.154. The van der Waals surface area contributed by atoms with Gasteiger partial charge in [-0.2, -0.15) is 0 Å². The average molecular weight is 311 g/mol. The van der Waals surface area contributed by atoms with Crippen molar-refractivity contribution in [3.63, 3.8) is 0 Å². The van der Waals surface area contributed by atoms with Gasteiger partial charge in [0.25, 0.3) is 0 Å². The Morgan fingerprint density at radius 2 is 1.78 bits per heavy atom. The average Bonchev–Trinajstić information content (AvgIpc) is 2.55. The van der Waals surface area contributed by atoms with Gasteiger partial charge in [-0.1, -0.05) is 42.5 Å². The molecular weight excluding hydrogens is 290 g/mol. The highest BCUT2D eigenvalue weighted by atomic mass is 16.5. The van der Waals surface area contributed by atoms with Crippen LogP contribution in [0.4, 0.5) is 5.69 Å². The lowest BCUT2D eigenvalue weighted by atomic mass is 10.2. The molecular formula is C19H21NO3. The summed E-state index contributed by atoms with van der Waals surface area (Å²) in [7, 11) is 1.68. The summed E-state index contributed by atoms with van der Waals surface area (Å²) >= 11 is 0. The number of hydrogen-bond donors (Lipinski definition) is 0. The molecule has 4 nitrogen and oxygen atoms in total. The minimum absolute atomic E-state index is 0.0533. The molecule has 1 amide bonds. The Labute approximate surface area is 136 Å². The summed E-state index contributed by atoms with van der Waals surface area (Å²) in [5, 5.41) is 0. The zero-order chi connectivity index (χ0) is 16.7. The first-order chi connectivity index (χ1) is 11.1. The van der Waals surface area contributed by atoms with Crippen LogP contribution in [0.1, 0.15) is 17.5 Å². The van der Waals surface area contributed by atoms with Crippen LogP contribution in [0.3, 0.4) is 0 Å². The first-order valence-electron chi connectivity index (χ1n) is 7.53. The Morgan fingerprint density at radius 3 is 2.48 bits per heavy atom. The first-order valence-corrected chi connectivity index (χ1v) is 7.53. The van der Waals surface area contributed by atoms with Gasteiger partial charge in [0.2, 0.25) is 5.91 Å². The smallest absolute Gasteiger partial charge is 0.234 e. The number of rotatable bonds is 7. The molecule has 120 valence electrons. The van der Waals surface area contributed by atoms with Crippen LogP contribution < -0.4 is 4.90 Å². The maximum atomic E-state index is 12.1. The molecule has 2 aromatic rings. The number of ether oxygens (including phenoxy) is 1. The third-order valence-corrected chi connectivity index (χ3v) is 3.49. The lowest BCUT2D eigenvalue weighted by Crippen LogP contribution is -2.29.